The first-order chi connectivity index (χ1) is 6.61. The van der Waals surface area contributed by atoms with Gasteiger partial charge >= 0.3 is 0 Å². The summed E-state index contributed by atoms with van der Waals surface area (Å²) in [6.45, 7) is 1.48. The Morgan fingerprint density at radius 3 is 2.71 bits per heavy atom. The molecule has 0 bridgehead atoms. The van der Waals surface area contributed by atoms with Gasteiger partial charge in [0, 0.05) is 10.6 Å². The molecule has 2 N–H and O–H groups in total. The molecule has 0 unspecified atom stereocenters. The van der Waals surface area contributed by atoms with Crippen molar-refractivity contribution in [3.8, 4) is 0 Å². The van der Waals surface area contributed by atoms with Crippen LogP contribution in [-0.2, 0) is 0 Å². The third-order valence-electron chi connectivity index (χ3n) is 2.20. The second kappa shape index (κ2) is 4.73. The van der Waals surface area contributed by atoms with Crippen molar-refractivity contribution in [2.45, 2.75) is 13.0 Å². The summed E-state index contributed by atoms with van der Waals surface area (Å²) in [4.78, 5) is 0. The number of rotatable bonds is 3. The molecule has 0 spiro atoms. The first-order valence-corrected chi connectivity index (χ1v) is 4.72. The van der Waals surface area contributed by atoms with Gasteiger partial charge in [-0.1, -0.05) is 17.7 Å². The van der Waals surface area contributed by atoms with Crippen LogP contribution in [0.1, 0.15) is 17.2 Å². The van der Waals surface area contributed by atoms with E-state index < -0.39 is 6.04 Å². The number of aryl methyl sites for hydroxylation is 1. The molecule has 0 heterocycles. The van der Waals surface area contributed by atoms with Gasteiger partial charge in [-0.25, -0.2) is 4.39 Å². The largest absolute Gasteiger partial charge is 0.394 e. The molecule has 0 aromatic heterocycles. The third-order valence-corrected chi connectivity index (χ3v) is 2.53. The van der Waals surface area contributed by atoms with Gasteiger partial charge in [0.15, 0.2) is 0 Å². The molecule has 0 aliphatic heterocycles. The number of aliphatic hydroxyl groups is 1. The number of benzene rings is 1. The van der Waals surface area contributed by atoms with Crippen LogP contribution in [-0.4, -0.2) is 18.8 Å². The third kappa shape index (κ3) is 2.05. The van der Waals surface area contributed by atoms with Gasteiger partial charge in [-0.3, -0.25) is 0 Å². The van der Waals surface area contributed by atoms with Crippen LogP contribution in [0.3, 0.4) is 0 Å². The Labute approximate surface area is 87.7 Å². The molecule has 0 radical (unpaired) electrons. The summed E-state index contributed by atoms with van der Waals surface area (Å²) in [5.74, 6) is -0.356. The molecule has 1 atom stereocenters. The van der Waals surface area contributed by atoms with E-state index >= 15 is 0 Å². The van der Waals surface area contributed by atoms with Crippen LogP contribution in [0.15, 0.2) is 12.1 Å². The normalized spacial score (nSPS) is 12.9. The highest BCUT2D eigenvalue weighted by atomic mass is 35.5. The maximum absolute atomic E-state index is 13.7. The summed E-state index contributed by atoms with van der Waals surface area (Å²) < 4.78 is 13.7. The second-order valence-electron chi connectivity index (χ2n) is 3.12. The van der Waals surface area contributed by atoms with Gasteiger partial charge in [0.1, 0.15) is 5.82 Å². The van der Waals surface area contributed by atoms with Crippen molar-refractivity contribution in [1.82, 2.24) is 5.32 Å². The van der Waals surface area contributed by atoms with E-state index in [0.717, 1.165) is 0 Å². The summed E-state index contributed by atoms with van der Waals surface area (Å²) in [7, 11) is 1.65. The van der Waals surface area contributed by atoms with Crippen molar-refractivity contribution in [2.24, 2.45) is 0 Å². The van der Waals surface area contributed by atoms with Crippen LogP contribution in [0, 0.1) is 12.7 Å². The average Bonchev–Trinajstić information content (AvgIpc) is 2.19. The lowest BCUT2D eigenvalue weighted by Crippen LogP contribution is -2.22. The Balaban J connectivity index is 3.23. The fraction of sp³-hybridized carbons (Fsp3) is 0.400. The molecule has 4 heteroatoms. The SMILES string of the molecule is CN[C@H](CO)c1c(Cl)ccc(C)c1F. The summed E-state index contributed by atoms with van der Waals surface area (Å²) in [5, 5.41) is 12.2. The van der Waals surface area contributed by atoms with Crippen molar-refractivity contribution in [1.29, 1.82) is 0 Å². The zero-order valence-corrected chi connectivity index (χ0v) is 8.90. The van der Waals surface area contributed by atoms with Crippen molar-refractivity contribution in [3.05, 3.63) is 34.1 Å². The van der Waals surface area contributed by atoms with E-state index in [-0.39, 0.29) is 12.4 Å². The first kappa shape index (κ1) is 11.4. The van der Waals surface area contributed by atoms with Gasteiger partial charge in [0.25, 0.3) is 0 Å². The lowest BCUT2D eigenvalue weighted by atomic mass is 10.0. The highest BCUT2D eigenvalue weighted by Crippen LogP contribution is 2.27. The highest BCUT2D eigenvalue weighted by molar-refractivity contribution is 6.31. The minimum Gasteiger partial charge on any atom is -0.394 e. The van der Waals surface area contributed by atoms with E-state index in [9.17, 15) is 4.39 Å². The molecule has 0 aliphatic rings. The van der Waals surface area contributed by atoms with E-state index in [1.165, 1.54) is 0 Å². The molecule has 1 aromatic rings. The molecule has 14 heavy (non-hydrogen) atoms. The predicted molar refractivity (Wildman–Crippen MR) is 55.0 cm³/mol. The van der Waals surface area contributed by atoms with Crippen LogP contribution in [0.2, 0.25) is 5.02 Å². The Morgan fingerprint density at radius 1 is 1.57 bits per heavy atom. The fourth-order valence-corrected chi connectivity index (χ4v) is 1.60. The lowest BCUT2D eigenvalue weighted by Gasteiger charge is -2.16. The molecule has 0 fully saturated rings. The second-order valence-corrected chi connectivity index (χ2v) is 3.52. The van der Waals surface area contributed by atoms with E-state index in [4.69, 9.17) is 16.7 Å². The van der Waals surface area contributed by atoms with Crippen molar-refractivity contribution >= 4 is 11.6 Å². The van der Waals surface area contributed by atoms with E-state index in [1.54, 1.807) is 26.1 Å². The number of likely N-dealkylation sites (N-methyl/N-ethyl adjacent to an activating group) is 1. The lowest BCUT2D eigenvalue weighted by molar-refractivity contribution is 0.248. The number of nitrogens with one attached hydrogen (secondary N) is 1. The van der Waals surface area contributed by atoms with Crippen LogP contribution >= 0.6 is 11.6 Å². The molecule has 1 aromatic carbocycles. The van der Waals surface area contributed by atoms with Gasteiger partial charge in [-0.15, -0.1) is 0 Å². The summed E-state index contributed by atoms with van der Waals surface area (Å²) >= 11 is 5.86. The Bertz CT molecular complexity index is 326. The fourth-order valence-electron chi connectivity index (χ4n) is 1.32. The van der Waals surface area contributed by atoms with E-state index in [2.05, 4.69) is 5.32 Å². The molecule has 0 aliphatic carbocycles. The quantitative estimate of drug-likeness (QED) is 0.812. The summed E-state index contributed by atoms with van der Waals surface area (Å²) in [6.07, 6.45) is 0. The highest BCUT2D eigenvalue weighted by Gasteiger charge is 2.17. The Hall–Kier alpha value is -0.640. The van der Waals surface area contributed by atoms with Crippen molar-refractivity contribution < 1.29 is 9.50 Å². The molecule has 1 rings (SSSR count). The van der Waals surface area contributed by atoms with E-state index in [1.807, 2.05) is 0 Å². The number of aliphatic hydroxyl groups excluding tert-OH is 1. The minimum absolute atomic E-state index is 0.184. The van der Waals surface area contributed by atoms with Gasteiger partial charge < -0.3 is 10.4 Å². The van der Waals surface area contributed by atoms with Gasteiger partial charge in [0.2, 0.25) is 0 Å². The predicted octanol–water partition coefficient (Wildman–Crippen LogP) is 2.04. The van der Waals surface area contributed by atoms with Crippen LogP contribution in [0.5, 0.6) is 0 Å². The molecular weight excluding hydrogens is 205 g/mol. The smallest absolute Gasteiger partial charge is 0.132 e. The van der Waals surface area contributed by atoms with Crippen LogP contribution in [0.25, 0.3) is 0 Å². The topological polar surface area (TPSA) is 32.3 Å². The molecule has 2 nitrogen and oxygen atoms in total. The minimum atomic E-state index is -0.456. The maximum atomic E-state index is 13.7. The number of halogens is 2. The molecule has 0 saturated heterocycles. The Morgan fingerprint density at radius 2 is 2.21 bits per heavy atom. The number of hydrogen-bond acceptors (Lipinski definition) is 2. The monoisotopic (exact) mass is 217 g/mol. The molecule has 0 saturated carbocycles. The standard InChI is InChI=1S/C10H13ClFNO/c1-6-3-4-7(11)9(10(6)12)8(5-14)13-2/h3-4,8,13-14H,5H2,1-2H3/t8-/m1/s1. The van der Waals surface area contributed by atoms with E-state index in [0.29, 0.717) is 16.1 Å². The van der Waals surface area contributed by atoms with Crippen LogP contribution in [0.4, 0.5) is 4.39 Å². The summed E-state index contributed by atoms with van der Waals surface area (Å²) in [6, 6.07) is 2.79. The molecule has 78 valence electrons. The zero-order valence-electron chi connectivity index (χ0n) is 8.14. The zero-order chi connectivity index (χ0) is 10.7. The van der Waals surface area contributed by atoms with Crippen molar-refractivity contribution in [2.75, 3.05) is 13.7 Å². The van der Waals surface area contributed by atoms with Crippen LogP contribution < -0.4 is 5.32 Å². The summed E-state index contributed by atoms with van der Waals surface area (Å²) in [5.41, 5.74) is 0.856. The van der Waals surface area contributed by atoms with Gasteiger partial charge in [-0.05, 0) is 25.6 Å². The molecule has 0 amide bonds. The average molecular weight is 218 g/mol. The van der Waals surface area contributed by atoms with Crippen molar-refractivity contribution in [3.63, 3.8) is 0 Å². The maximum Gasteiger partial charge on any atom is 0.132 e. The first-order valence-electron chi connectivity index (χ1n) is 4.34. The van der Waals surface area contributed by atoms with Gasteiger partial charge in [-0.2, -0.15) is 0 Å². The number of hydrogen-bond donors (Lipinski definition) is 2. The Kier molecular flexibility index (Phi) is 3.86. The molecular formula is C10H13ClFNO. The van der Waals surface area contributed by atoms with Gasteiger partial charge in [0.05, 0.1) is 12.6 Å².